The summed E-state index contributed by atoms with van der Waals surface area (Å²) in [6.07, 6.45) is 5.01. The number of rotatable bonds is 3. The third-order valence-electron chi connectivity index (χ3n) is 9.17. The standard InChI is InChI=1S/C22H34O5/c1-6-20(4)10-15(27-16(24)11-23)21(5)12(2)7-8-22(13(3)19(20)25)9-14-17(26-14)18(21)22/h6,12-15,17-19,23,25H,1,7-11H2,2-5H3/t12?,13-,14?,15+,17?,18-,19-,20+,21-,22-/m0/s1. The minimum absolute atomic E-state index is 0.00280. The van der Waals surface area contributed by atoms with Crippen LogP contribution in [-0.4, -0.2) is 47.2 Å². The Morgan fingerprint density at radius 1 is 1.33 bits per heavy atom. The van der Waals surface area contributed by atoms with E-state index in [2.05, 4.69) is 27.4 Å². The first-order valence-corrected chi connectivity index (χ1v) is 10.4. The van der Waals surface area contributed by atoms with Gasteiger partial charge in [0.05, 0.1) is 18.3 Å². The molecular weight excluding hydrogens is 344 g/mol. The van der Waals surface area contributed by atoms with Gasteiger partial charge in [-0.2, -0.15) is 0 Å². The molecule has 1 heterocycles. The van der Waals surface area contributed by atoms with Gasteiger partial charge in [-0.15, -0.1) is 6.58 Å². The molecule has 3 unspecified atom stereocenters. The molecule has 0 spiro atoms. The molecule has 0 aromatic carbocycles. The predicted molar refractivity (Wildman–Crippen MR) is 101 cm³/mol. The van der Waals surface area contributed by atoms with Gasteiger partial charge in [-0.05, 0) is 42.9 Å². The first-order chi connectivity index (χ1) is 12.6. The lowest BCUT2D eigenvalue weighted by molar-refractivity contribution is -0.218. The second-order valence-corrected chi connectivity index (χ2v) is 10.1. The van der Waals surface area contributed by atoms with Crippen molar-refractivity contribution in [2.45, 2.75) is 77.8 Å². The molecule has 5 nitrogen and oxygen atoms in total. The number of hydrogen-bond acceptors (Lipinski definition) is 5. The topological polar surface area (TPSA) is 79.3 Å². The summed E-state index contributed by atoms with van der Waals surface area (Å²) in [5.41, 5.74) is -0.801. The summed E-state index contributed by atoms with van der Waals surface area (Å²) in [6.45, 7) is 12.1. The van der Waals surface area contributed by atoms with Crippen LogP contribution in [-0.2, 0) is 14.3 Å². The van der Waals surface area contributed by atoms with E-state index < -0.39 is 24.1 Å². The van der Waals surface area contributed by atoms with Gasteiger partial charge in [-0.3, -0.25) is 0 Å². The zero-order valence-corrected chi connectivity index (χ0v) is 17.0. The normalized spacial score (nSPS) is 56.3. The number of fused-ring (bicyclic) bond motifs is 1. The van der Waals surface area contributed by atoms with Crippen LogP contribution < -0.4 is 0 Å². The van der Waals surface area contributed by atoms with Crippen LogP contribution in [0.25, 0.3) is 0 Å². The average molecular weight is 379 g/mol. The van der Waals surface area contributed by atoms with E-state index in [1.807, 2.05) is 13.0 Å². The molecule has 10 atom stereocenters. The van der Waals surface area contributed by atoms with Crippen molar-refractivity contribution >= 4 is 5.97 Å². The van der Waals surface area contributed by atoms with Crippen LogP contribution in [0.3, 0.4) is 0 Å². The first-order valence-electron chi connectivity index (χ1n) is 10.4. The highest BCUT2D eigenvalue weighted by Crippen LogP contribution is 2.72. The van der Waals surface area contributed by atoms with E-state index in [-0.39, 0.29) is 41.0 Å². The Bertz CT molecular complexity index is 649. The van der Waals surface area contributed by atoms with Crippen LogP contribution in [0, 0.1) is 34.0 Å². The Labute approximate surface area is 162 Å². The third-order valence-corrected chi connectivity index (χ3v) is 9.17. The highest BCUT2D eigenvalue weighted by atomic mass is 16.6. The van der Waals surface area contributed by atoms with E-state index in [1.165, 1.54) is 0 Å². The molecule has 0 aromatic rings. The van der Waals surface area contributed by atoms with Crippen molar-refractivity contribution in [3.63, 3.8) is 0 Å². The molecule has 0 aromatic heterocycles. The monoisotopic (exact) mass is 378 g/mol. The fourth-order valence-corrected chi connectivity index (χ4v) is 7.18. The van der Waals surface area contributed by atoms with Gasteiger partial charge >= 0.3 is 5.97 Å². The molecule has 152 valence electrons. The molecule has 0 radical (unpaired) electrons. The van der Waals surface area contributed by atoms with Crippen molar-refractivity contribution in [2.24, 2.45) is 34.0 Å². The van der Waals surface area contributed by atoms with Crippen LogP contribution in [0.1, 0.15) is 53.4 Å². The van der Waals surface area contributed by atoms with Gasteiger partial charge in [0.1, 0.15) is 12.7 Å². The summed E-state index contributed by atoms with van der Waals surface area (Å²) in [5.74, 6) is 0.162. The lowest BCUT2D eigenvalue weighted by atomic mass is 9.43. The number of aliphatic hydroxyl groups is 2. The van der Waals surface area contributed by atoms with E-state index in [0.29, 0.717) is 12.3 Å². The Balaban J connectivity index is 1.87. The van der Waals surface area contributed by atoms with Gasteiger partial charge < -0.3 is 19.7 Å². The zero-order chi connectivity index (χ0) is 19.8. The maximum Gasteiger partial charge on any atom is 0.332 e. The molecule has 3 saturated carbocycles. The van der Waals surface area contributed by atoms with Crippen LogP contribution in [0.15, 0.2) is 12.7 Å². The van der Waals surface area contributed by atoms with Crippen molar-refractivity contribution < 1.29 is 24.5 Å². The Morgan fingerprint density at radius 2 is 2.04 bits per heavy atom. The summed E-state index contributed by atoms with van der Waals surface area (Å²) >= 11 is 0. The summed E-state index contributed by atoms with van der Waals surface area (Å²) in [5, 5.41) is 20.7. The van der Waals surface area contributed by atoms with Crippen LogP contribution >= 0.6 is 0 Å². The number of hydrogen-bond donors (Lipinski definition) is 2. The number of esters is 1. The third kappa shape index (κ3) is 2.44. The molecule has 2 N–H and O–H groups in total. The van der Waals surface area contributed by atoms with Gasteiger partial charge in [-0.1, -0.05) is 33.8 Å². The summed E-state index contributed by atoms with van der Waals surface area (Å²) in [4.78, 5) is 12.1. The SMILES string of the molecule is C=C[C@]1(C)C[C@@H](OC(=O)CO)[C@]2(C)C(C)CC[C@]3(CC4OC4[C@H]32)[C@@H](C)[C@@H]1O. The molecule has 0 amide bonds. The molecular formula is C22H34O5. The number of epoxide rings is 1. The summed E-state index contributed by atoms with van der Waals surface area (Å²) in [6, 6.07) is 0. The minimum atomic E-state index is -0.622. The second kappa shape index (κ2) is 6.04. The molecule has 1 aliphatic heterocycles. The summed E-state index contributed by atoms with van der Waals surface area (Å²) in [7, 11) is 0. The quantitative estimate of drug-likeness (QED) is 0.448. The smallest absolute Gasteiger partial charge is 0.332 e. The number of aliphatic hydroxyl groups excluding tert-OH is 2. The van der Waals surface area contributed by atoms with Crippen molar-refractivity contribution in [1.82, 2.24) is 0 Å². The van der Waals surface area contributed by atoms with Gasteiger partial charge in [0.2, 0.25) is 0 Å². The lowest BCUT2D eigenvalue weighted by Gasteiger charge is -2.63. The van der Waals surface area contributed by atoms with Crippen molar-refractivity contribution in [3.05, 3.63) is 12.7 Å². The van der Waals surface area contributed by atoms with Crippen molar-refractivity contribution in [1.29, 1.82) is 0 Å². The Hall–Kier alpha value is -0.910. The molecule has 4 fully saturated rings. The Morgan fingerprint density at radius 3 is 2.67 bits per heavy atom. The molecule has 4 aliphatic rings. The fraction of sp³-hybridized carbons (Fsp3) is 0.864. The highest BCUT2D eigenvalue weighted by molar-refractivity contribution is 5.70. The average Bonchev–Trinajstić information content (AvgIpc) is 3.32. The van der Waals surface area contributed by atoms with E-state index in [0.717, 1.165) is 19.3 Å². The second-order valence-electron chi connectivity index (χ2n) is 10.1. The van der Waals surface area contributed by atoms with E-state index in [9.17, 15) is 15.0 Å². The van der Waals surface area contributed by atoms with Crippen LogP contribution in [0.4, 0.5) is 0 Å². The largest absolute Gasteiger partial charge is 0.460 e. The maximum absolute atomic E-state index is 12.1. The number of carbonyl (C=O) groups excluding carboxylic acids is 1. The highest BCUT2D eigenvalue weighted by Gasteiger charge is 2.74. The first kappa shape index (κ1) is 19.4. The maximum atomic E-state index is 12.1. The van der Waals surface area contributed by atoms with Gasteiger partial charge in [0.15, 0.2) is 0 Å². The number of carbonyl (C=O) groups is 1. The van der Waals surface area contributed by atoms with E-state index in [1.54, 1.807) is 0 Å². The Kier molecular flexibility index (Phi) is 4.34. The minimum Gasteiger partial charge on any atom is -0.460 e. The molecule has 5 heteroatoms. The molecule has 27 heavy (non-hydrogen) atoms. The molecule has 2 bridgehead atoms. The van der Waals surface area contributed by atoms with Gasteiger partial charge in [0.25, 0.3) is 0 Å². The summed E-state index contributed by atoms with van der Waals surface area (Å²) < 4.78 is 11.9. The van der Waals surface area contributed by atoms with Crippen LogP contribution in [0.5, 0.6) is 0 Å². The van der Waals surface area contributed by atoms with E-state index in [4.69, 9.17) is 9.47 Å². The zero-order valence-electron chi connectivity index (χ0n) is 17.0. The fourth-order valence-electron chi connectivity index (χ4n) is 7.18. The number of ether oxygens (including phenoxy) is 2. The van der Waals surface area contributed by atoms with E-state index >= 15 is 0 Å². The van der Waals surface area contributed by atoms with Crippen molar-refractivity contribution in [2.75, 3.05) is 6.61 Å². The van der Waals surface area contributed by atoms with Gasteiger partial charge in [-0.25, -0.2) is 4.79 Å². The molecule has 4 rings (SSSR count). The predicted octanol–water partition coefficient (Wildman–Crippen LogP) is 2.69. The van der Waals surface area contributed by atoms with Crippen molar-refractivity contribution in [3.8, 4) is 0 Å². The molecule has 3 aliphatic carbocycles. The lowest BCUT2D eigenvalue weighted by Crippen LogP contribution is -2.63. The van der Waals surface area contributed by atoms with Gasteiger partial charge in [0, 0.05) is 16.7 Å². The molecule has 1 saturated heterocycles. The van der Waals surface area contributed by atoms with Crippen LogP contribution in [0.2, 0.25) is 0 Å².